The van der Waals surface area contributed by atoms with Crippen molar-refractivity contribution < 1.29 is 4.79 Å². The number of rotatable bonds is 3. The van der Waals surface area contributed by atoms with Gasteiger partial charge in [-0.2, -0.15) is 0 Å². The number of hydrogen-bond donors (Lipinski definition) is 1. The SMILES string of the molecule is CC1(C)[C@H](NC(=O)c2cc3ccc(-n4ccnn4)cc3s2)C2CCN1CC2.Cl. The summed E-state index contributed by atoms with van der Waals surface area (Å²) in [7, 11) is 0. The molecule has 148 valence electrons. The van der Waals surface area contributed by atoms with Crippen LogP contribution in [0.3, 0.4) is 0 Å². The van der Waals surface area contributed by atoms with E-state index in [4.69, 9.17) is 0 Å². The van der Waals surface area contributed by atoms with Gasteiger partial charge in [0.25, 0.3) is 5.91 Å². The van der Waals surface area contributed by atoms with Crippen molar-refractivity contribution in [3.05, 3.63) is 41.5 Å². The summed E-state index contributed by atoms with van der Waals surface area (Å²) in [5, 5.41) is 12.3. The van der Waals surface area contributed by atoms with E-state index in [-0.39, 0.29) is 29.9 Å². The minimum Gasteiger partial charge on any atom is -0.346 e. The normalized spacial score (nSPS) is 25.4. The third kappa shape index (κ3) is 3.11. The predicted molar refractivity (Wildman–Crippen MR) is 114 cm³/mol. The van der Waals surface area contributed by atoms with E-state index in [0.717, 1.165) is 33.7 Å². The topological polar surface area (TPSA) is 63.1 Å². The van der Waals surface area contributed by atoms with Gasteiger partial charge >= 0.3 is 0 Å². The number of benzene rings is 1. The summed E-state index contributed by atoms with van der Waals surface area (Å²) in [6, 6.07) is 8.31. The molecule has 0 aliphatic carbocycles. The number of carbonyl (C=O) groups excluding carboxylic acids is 1. The van der Waals surface area contributed by atoms with E-state index in [1.165, 1.54) is 24.2 Å². The van der Waals surface area contributed by atoms with Crippen molar-refractivity contribution in [1.29, 1.82) is 0 Å². The number of nitrogens with zero attached hydrogens (tertiary/aromatic N) is 4. The molecule has 3 fully saturated rings. The van der Waals surface area contributed by atoms with Crippen LogP contribution in [0, 0.1) is 5.92 Å². The van der Waals surface area contributed by atoms with Crippen LogP contribution in [0.25, 0.3) is 15.8 Å². The second kappa shape index (κ2) is 7.13. The molecule has 0 spiro atoms. The number of hydrogen-bond acceptors (Lipinski definition) is 5. The molecule has 8 heteroatoms. The number of aromatic nitrogens is 3. The Morgan fingerprint density at radius 1 is 1.25 bits per heavy atom. The van der Waals surface area contributed by atoms with Gasteiger partial charge in [-0.25, -0.2) is 4.68 Å². The van der Waals surface area contributed by atoms with Crippen LogP contribution in [0.2, 0.25) is 0 Å². The summed E-state index contributed by atoms with van der Waals surface area (Å²) >= 11 is 1.54. The van der Waals surface area contributed by atoms with E-state index in [1.807, 2.05) is 24.4 Å². The zero-order valence-corrected chi connectivity index (χ0v) is 17.6. The highest BCUT2D eigenvalue weighted by Gasteiger charge is 2.48. The fraction of sp³-hybridized carbons (Fsp3) is 0.450. The van der Waals surface area contributed by atoms with Gasteiger partial charge in [0.05, 0.1) is 23.0 Å². The van der Waals surface area contributed by atoms with Gasteiger partial charge in [0, 0.05) is 16.3 Å². The Balaban J connectivity index is 0.00000192. The molecular weight excluding hydrogens is 394 g/mol. The van der Waals surface area contributed by atoms with Gasteiger partial charge in [-0.1, -0.05) is 11.3 Å². The summed E-state index contributed by atoms with van der Waals surface area (Å²) in [5.41, 5.74) is 0.973. The van der Waals surface area contributed by atoms with Gasteiger partial charge in [-0.15, -0.1) is 28.8 Å². The molecule has 3 aromatic rings. The second-order valence-electron chi connectivity index (χ2n) is 8.11. The first-order valence-electron chi connectivity index (χ1n) is 9.48. The standard InChI is InChI=1S/C20H23N5OS.ClH/c1-20(2)18(13-5-8-24(20)9-6-13)22-19(26)17-11-14-3-4-15(12-16(14)27-17)25-10-7-21-23-25;/h3-4,7,10-13,18H,5-6,8-9H2,1-2H3,(H,22,26);1H/t18-;/m1./s1. The quantitative estimate of drug-likeness (QED) is 0.708. The van der Waals surface area contributed by atoms with Crippen LogP contribution in [0.4, 0.5) is 0 Å². The summed E-state index contributed by atoms with van der Waals surface area (Å²) in [6.45, 7) is 6.83. The lowest BCUT2D eigenvalue weighted by Crippen LogP contribution is -2.69. The maximum absolute atomic E-state index is 13.0. The van der Waals surface area contributed by atoms with E-state index in [1.54, 1.807) is 10.9 Å². The van der Waals surface area contributed by atoms with Gasteiger partial charge < -0.3 is 5.32 Å². The van der Waals surface area contributed by atoms with Crippen molar-refractivity contribution in [1.82, 2.24) is 25.2 Å². The molecular formula is C20H24ClN5OS. The number of nitrogens with one attached hydrogen (secondary N) is 1. The van der Waals surface area contributed by atoms with Gasteiger partial charge in [0.15, 0.2) is 0 Å². The summed E-state index contributed by atoms with van der Waals surface area (Å²) in [6.07, 6.45) is 5.84. The lowest BCUT2D eigenvalue weighted by atomic mass is 9.72. The first kappa shape index (κ1) is 19.4. The fourth-order valence-electron chi connectivity index (χ4n) is 4.71. The minimum atomic E-state index is 0. The summed E-state index contributed by atoms with van der Waals surface area (Å²) in [4.78, 5) is 16.3. The highest BCUT2D eigenvalue weighted by Crippen LogP contribution is 2.39. The van der Waals surface area contributed by atoms with Crippen molar-refractivity contribution >= 4 is 39.7 Å². The van der Waals surface area contributed by atoms with E-state index in [2.05, 4.69) is 40.4 Å². The predicted octanol–water partition coefficient (Wildman–Crippen LogP) is 3.51. The first-order chi connectivity index (χ1) is 13.0. The smallest absolute Gasteiger partial charge is 0.261 e. The molecule has 3 aliphatic rings. The van der Waals surface area contributed by atoms with Crippen molar-refractivity contribution in [2.75, 3.05) is 13.1 Å². The molecule has 5 heterocycles. The van der Waals surface area contributed by atoms with Crippen LogP contribution >= 0.6 is 23.7 Å². The molecule has 0 radical (unpaired) electrons. The van der Waals surface area contributed by atoms with Crippen LogP contribution in [0.1, 0.15) is 36.4 Å². The van der Waals surface area contributed by atoms with Crippen molar-refractivity contribution in [3.63, 3.8) is 0 Å². The van der Waals surface area contributed by atoms with Gasteiger partial charge in [0.2, 0.25) is 0 Å². The lowest BCUT2D eigenvalue weighted by molar-refractivity contribution is -0.0377. The van der Waals surface area contributed by atoms with E-state index in [0.29, 0.717) is 5.92 Å². The van der Waals surface area contributed by atoms with Gasteiger partial charge in [-0.3, -0.25) is 9.69 Å². The Kier molecular flexibility index (Phi) is 4.93. The first-order valence-corrected chi connectivity index (χ1v) is 10.3. The van der Waals surface area contributed by atoms with Crippen molar-refractivity contribution in [2.24, 2.45) is 5.92 Å². The highest BCUT2D eigenvalue weighted by molar-refractivity contribution is 7.20. The molecule has 1 atom stereocenters. The monoisotopic (exact) mass is 417 g/mol. The molecule has 6 nitrogen and oxygen atoms in total. The molecule has 1 amide bonds. The minimum absolute atomic E-state index is 0. The van der Waals surface area contributed by atoms with E-state index < -0.39 is 0 Å². The number of halogens is 1. The molecule has 28 heavy (non-hydrogen) atoms. The van der Waals surface area contributed by atoms with Crippen LogP contribution in [-0.2, 0) is 0 Å². The van der Waals surface area contributed by atoms with Crippen LogP contribution in [0.15, 0.2) is 36.7 Å². The molecule has 2 bridgehead atoms. The Hall–Kier alpha value is -1.96. The average Bonchev–Trinajstić information content (AvgIpc) is 3.33. The third-order valence-electron chi connectivity index (χ3n) is 6.29. The Morgan fingerprint density at radius 3 is 2.71 bits per heavy atom. The maximum Gasteiger partial charge on any atom is 0.261 e. The third-order valence-corrected chi connectivity index (χ3v) is 7.38. The van der Waals surface area contributed by atoms with E-state index >= 15 is 0 Å². The number of fused-ring (bicyclic) bond motifs is 4. The van der Waals surface area contributed by atoms with Crippen LogP contribution in [-0.4, -0.2) is 50.5 Å². The number of piperidine rings is 3. The van der Waals surface area contributed by atoms with Gasteiger partial charge in [0.1, 0.15) is 0 Å². The highest BCUT2D eigenvalue weighted by atomic mass is 35.5. The molecule has 0 saturated carbocycles. The van der Waals surface area contributed by atoms with Gasteiger partial charge in [-0.05, 0) is 69.3 Å². The zero-order valence-electron chi connectivity index (χ0n) is 16.0. The Labute approximate surface area is 174 Å². The Morgan fingerprint density at radius 2 is 2.04 bits per heavy atom. The molecule has 3 aliphatic heterocycles. The number of carbonyl (C=O) groups is 1. The van der Waals surface area contributed by atoms with Crippen molar-refractivity contribution in [3.8, 4) is 5.69 Å². The average molecular weight is 418 g/mol. The lowest BCUT2D eigenvalue weighted by Gasteiger charge is -2.56. The summed E-state index contributed by atoms with van der Waals surface area (Å²) in [5.74, 6) is 0.632. The molecule has 1 aromatic carbocycles. The second-order valence-corrected chi connectivity index (χ2v) is 9.19. The number of thiophene rings is 1. The van der Waals surface area contributed by atoms with Crippen LogP contribution in [0.5, 0.6) is 0 Å². The maximum atomic E-state index is 13.0. The molecule has 3 saturated heterocycles. The fourth-order valence-corrected chi connectivity index (χ4v) is 5.71. The largest absolute Gasteiger partial charge is 0.346 e. The zero-order chi connectivity index (χ0) is 18.6. The number of amides is 1. The molecule has 0 unspecified atom stereocenters. The molecule has 1 N–H and O–H groups in total. The molecule has 6 rings (SSSR count). The van der Waals surface area contributed by atoms with Crippen molar-refractivity contribution in [2.45, 2.75) is 38.3 Å². The van der Waals surface area contributed by atoms with E-state index in [9.17, 15) is 4.79 Å². The Bertz CT molecular complexity index is 991. The molecule has 2 aromatic heterocycles. The summed E-state index contributed by atoms with van der Waals surface area (Å²) < 4.78 is 2.82. The van der Waals surface area contributed by atoms with Crippen LogP contribution < -0.4 is 5.32 Å².